The number of carbonyl (C=O) groups is 1. The number of amides is 1. The number of aliphatic hydroxyl groups is 2. The number of rotatable bonds is 7. The van der Waals surface area contributed by atoms with Crippen molar-refractivity contribution in [1.82, 2.24) is 10.2 Å². The van der Waals surface area contributed by atoms with Gasteiger partial charge in [-0.2, -0.15) is 0 Å². The zero-order valence-electron chi connectivity index (χ0n) is 13.0. The van der Waals surface area contributed by atoms with Crippen LogP contribution in [0, 0.1) is 5.92 Å². The van der Waals surface area contributed by atoms with Gasteiger partial charge in [0, 0.05) is 26.2 Å². The molecule has 3 N–H and O–H groups in total. The summed E-state index contributed by atoms with van der Waals surface area (Å²) >= 11 is 0. The van der Waals surface area contributed by atoms with Gasteiger partial charge in [-0.15, -0.1) is 0 Å². The molecule has 5 heteroatoms. The van der Waals surface area contributed by atoms with Crippen molar-refractivity contribution in [3.05, 3.63) is 35.4 Å². The van der Waals surface area contributed by atoms with Gasteiger partial charge in [-0.25, -0.2) is 0 Å². The van der Waals surface area contributed by atoms with E-state index in [4.69, 9.17) is 5.11 Å². The summed E-state index contributed by atoms with van der Waals surface area (Å²) in [6.45, 7) is 3.74. The summed E-state index contributed by atoms with van der Waals surface area (Å²) in [5.74, 6) is 0.405. The Morgan fingerprint density at radius 1 is 1.23 bits per heavy atom. The highest BCUT2D eigenvalue weighted by atomic mass is 16.3. The Labute approximate surface area is 131 Å². The van der Waals surface area contributed by atoms with Gasteiger partial charge < -0.3 is 20.4 Å². The molecule has 122 valence electrons. The van der Waals surface area contributed by atoms with Gasteiger partial charge in [0.1, 0.15) is 0 Å². The molecule has 0 aromatic heterocycles. The van der Waals surface area contributed by atoms with Crippen LogP contribution in [0.4, 0.5) is 0 Å². The smallest absolute Gasteiger partial charge is 0.224 e. The Bertz CT molecular complexity index is 461. The molecular formula is C17H26N2O3. The van der Waals surface area contributed by atoms with Crippen LogP contribution in [0.25, 0.3) is 0 Å². The maximum Gasteiger partial charge on any atom is 0.224 e. The molecular weight excluding hydrogens is 280 g/mol. The lowest BCUT2D eigenvalue weighted by Crippen LogP contribution is -2.41. The van der Waals surface area contributed by atoms with Crippen molar-refractivity contribution in [2.75, 3.05) is 32.8 Å². The molecule has 22 heavy (non-hydrogen) atoms. The van der Waals surface area contributed by atoms with Crippen LogP contribution in [-0.4, -0.2) is 53.8 Å². The summed E-state index contributed by atoms with van der Waals surface area (Å²) in [5, 5.41) is 21.1. The molecule has 1 saturated heterocycles. The lowest BCUT2D eigenvalue weighted by molar-refractivity contribution is -0.120. The highest BCUT2D eigenvalue weighted by Crippen LogP contribution is 2.14. The van der Waals surface area contributed by atoms with E-state index in [2.05, 4.69) is 10.2 Å². The molecule has 0 unspecified atom stereocenters. The quantitative estimate of drug-likeness (QED) is 0.687. The molecule has 2 rings (SSSR count). The SMILES string of the molecule is O=C(Cc1ccc(CO)cc1)NCCN1CCC[C@@H](CO)C1. The van der Waals surface area contributed by atoms with Crippen molar-refractivity contribution < 1.29 is 15.0 Å². The van der Waals surface area contributed by atoms with E-state index < -0.39 is 0 Å². The topological polar surface area (TPSA) is 72.8 Å². The van der Waals surface area contributed by atoms with E-state index >= 15 is 0 Å². The Morgan fingerprint density at radius 3 is 2.64 bits per heavy atom. The second kappa shape index (κ2) is 8.88. The summed E-state index contributed by atoms with van der Waals surface area (Å²) in [6, 6.07) is 7.43. The molecule has 1 amide bonds. The zero-order valence-corrected chi connectivity index (χ0v) is 13.0. The molecule has 0 bridgehead atoms. The standard InChI is InChI=1S/C17H26N2O3/c20-12-15-5-3-14(4-6-15)10-17(22)18-7-9-19-8-1-2-16(11-19)13-21/h3-6,16,20-21H,1-2,7-13H2,(H,18,22)/t16-/m1/s1. The predicted molar refractivity (Wildman–Crippen MR) is 85.3 cm³/mol. The molecule has 1 aromatic rings. The fourth-order valence-electron chi connectivity index (χ4n) is 2.87. The Morgan fingerprint density at radius 2 is 1.95 bits per heavy atom. The Balaban J connectivity index is 1.66. The monoisotopic (exact) mass is 306 g/mol. The third-order valence-electron chi connectivity index (χ3n) is 4.18. The average molecular weight is 306 g/mol. The lowest BCUT2D eigenvalue weighted by atomic mass is 9.99. The third-order valence-corrected chi connectivity index (χ3v) is 4.18. The summed E-state index contributed by atoms with van der Waals surface area (Å²) in [4.78, 5) is 14.2. The Hall–Kier alpha value is -1.43. The van der Waals surface area contributed by atoms with E-state index in [0.29, 0.717) is 18.9 Å². The molecule has 1 aliphatic heterocycles. The van der Waals surface area contributed by atoms with Crippen molar-refractivity contribution >= 4 is 5.91 Å². The summed E-state index contributed by atoms with van der Waals surface area (Å²) in [7, 11) is 0. The average Bonchev–Trinajstić information content (AvgIpc) is 2.56. The molecule has 0 radical (unpaired) electrons. The fourth-order valence-corrected chi connectivity index (χ4v) is 2.87. The van der Waals surface area contributed by atoms with Crippen LogP contribution in [0.3, 0.4) is 0 Å². The lowest BCUT2D eigenvalue weighted by Gasteiger charge is -2.31. The third kappa shape index (κ3) is 5.40. The van der Waals surface area contributed by atoms with Crippen molar-refractivity contribution in [1.29, 1.82) is 0 Å². The van der Waals surface area contributed by atoms with Crippen LogP contribution < -0.4 is 5.32 Å². The van der Waals surface area contributed by atoms with Crippen LogP contribution in [-0.2, 0) is 17.8 Å². The maximum atomic E-state index is 11.9. The van der Waals surface area contributed by atoms with Crippen LogP contribution >= 0.6 is 0 Å². The first-order valence-corrected chi connectivity index (χ1v) is 8.00. The van der Waals surface area contributed by atoms with E-state index in [-0.39, 0.29) is 19.1 Å². The Kier molecular flexibility index (Phi) is 6.83. The number of hydrogen-bond acceptors (Lipinski definition) is 4. The molecule has 1 atom stereocenters. The van der Waals surface area contributed by atoms with Crippen LogP contribution in [0.1, 0.15) is 24.0 Å². The number of carbonyl (C=O) groups excluding carboxylic acids is 1. The first kappa shape index (κ1) is 16.9. The van der Waals surface area contributed by atoms with Gasteiger partial charge in [0.2, 0.25) is 5.91 Å². The molecule has 0 aliphatic carbocycles. The highest BCUT2D eigenvalue weighted by molar-refractivity contribution is 5.78. The summed E-state index contributed by atoms with van der Waals surface area (Å²) in [6.07, 6.45) is 2.59. The number of benzene rings is 1. The number of aliphatic hydroxyl groups excluding tert-OH is 2. The second-order valence-electron chi connectivity index (χ2n) is 5.99. The normalized spacial score (nSPS) is 19.1. The molecule has 1 fully saturated rings. The number of hydrogen-bond donors (Lipinski definition) is 3. The zero-order chi connectivity index (χ0) is 15.8. The van der Waals surface area contributed by atoms with Crippen molar-refractivity contribution in [3.63, 3.8) is 0 Å². The number of nitrogens with one attached hydrogen (secondary N) is 1. The van der Waals surface area contributed by atoms with Crippen LogP contribution in [0.2, 0.25) is 0 Å². The highest BCUT2D eigenvalue weighted by Gasteiger charge is 2.18. The van der Waals surface area contributed by atoms with Crippen molar-refractivity contribution in [2.45, 2.75) is 25.9 Å². The minimum absolute atomic E-state index is 0.0208. The van der Waals surface area contributed by atoms with Crippen molar-refractivity contribution in [3.8, 4) is 0 Å². The largest absolute Gasteiger partial charge is 0.396 e. The fraction of sp³-hybridized carbons (Fsp3) is 0.588. The molecule has 0 spiro atoms. The minimum Gasteiger partial charge on any atom is -0.396 e. The van der Waals surface area contributed by atoms with Gasteiger partial charge in [0.25, 0.3) is 0 Å². The van der Waals surface area contributed by atoms with Gasteiger partial charge in [-0.05, 0) is 36.4 Å². The van der Waals surface area contributed by atoms with Gasteiger partial charge in [0.15, 0.2) is 0 Å². The van der Waals surface area contributed by atoms with Gasteiger partial charge >= 0.3 is 0 Å². The molecule has 1 aliphatic rings. The maximum absolute atomic E-state index is 11.9. The molecule has 1 aromatic carbocycles. The van der Waals surface area contributed by atoms with Gasteiger partial charge in [-0.1, -0.05) is 24.3 Å². The second-order valence-corrected chi connectivity index (χ2v) is 5.99. The number of piperidine rings is 1. The first-order chi connectivity index (χ1) is 10.7. The minimum atomic E-state index is 0.0208. The van der Waals surface area contributed by atoms with Crippen molar-refractivity contribution in [2.24, 2.45) is 5.92 Å². The summed E-state index contributed by atoms with van der Waals surface area (Å²) < 4.78 is 0. The van der Waals surface area contributed by atoms with E-state index in [9.17, 15) is 9.90 Å². The van der Waals surface area contributed by atoms with E-state index in [1.807, 2.05) is 24.3 Å². The van der Waals surface area contributed by atoms with Crippen LogP contribution in [0.15, 0.2) is 24.3 Å². The number of likely N-dealkylation sites (tertiary alicyclic amines) is 1. The van der Waals surface area contributed by atoms with E-state index in [1.165, 1.54) is 0 Å². The molecule has 5 nitrogen and oxygen atoms in total. The summed E-state index contributed by atoms with van der Waals surface area (Å²) in [5.41, 5.74) is 1.81. The molecule has 0 saturated carbocycles. The van der Waals surface area contributed by atoms with E-state index in [1.54, 1.807) is 0 Å². The van der Waals surface area contributed by atoms with Crippen LogP contribution in [0.5, 0.6) is 0 Å². The first-order valence-electron chi connectivity index (χ1n) is 8.00. The van der Waals surface area contributed by atoms with E-state index in [0.717, 1.165) is 43.6 Å². The number of nitrogens with zero attached hydrogens (tertiary/aromatic N) is 1. The van der Waals surface area contributed by atoms with Gasteiger partial charge in [-0.3, -0.25) is 4.79 Å². The van der Waals surface area contributed by atoms with Gasteiger partial charge in [0.05, 0.1) is 13.0 Å². The molecule has 1 heterocycles. The predicted octanol–water partition coefficient (Wildman–Crippen LogP) is 0.542.